The molecule has 0 saturated carbocycles. The van der Waals surface area contributed by atoms with Gasteiger partial charge >= 0.3 is 0 Å². The summed E-state index contributed by atoms with van der Waals surface area (Å²) < 4.78 is 8.53. The number of fused-ring (bicyclic) bond motifs is 1. The Morgan fingerprint density at radius 1 is 1.43 bits per heavy atom. The molecule has 1 atom stereocenters. The van der Waals surface area contributed by atoms with Crippen LogP contribution in [-0.2, 0) is 11.3 Å². The average molecular weight is 422 g/mol. The minimum atomic E-state index is -0.0978. The molecule has 0 spiro atoms. The van der Waals surface area contributed by atoms with Crippen molar-refractivity contribution in [3.05, 3.63) is 27.6 Å². The molecule has 4 nitrogen and oxygen atoms in total. The fourth-order valence-electron chi connectivity index (χ4n) is 2.29. The molecule has 0 aliphatic rings. The van der Waals surface area contributed by atoms with E-state index in [4.69, 9.17) is 21.3 Å². The Kier molecular flexibility index (Phi) is 6.28. The summed E-state index contributed by atoms with van der Waals surface area (Å²) in [5.41, 5.74) is 2.17. The van der Waals surface area contributed by atoms with Crippen LogP contribution in [0.25, 0.3) is 11.0 Å². The number of likely N-dealkylation sites (N-methyl/N-ethyl adjacent to an activating group) is 1. The van der Waals surface area contributed by atoms with Crippen LogP contribution in [0.2, 0.25) is 0 Å². The van der Waals surface area contributed by atoms with Gasteiger partial charge in [0.05, 0.1) is 23.0 Å². The van der Waals surface area contributed by atoms with Crippen molar-refractivity contribution < 1.29 is 4.74 Å². The zero-order chi connectivity index (χ0) is 15.4. The van der Waals surface area contributed by atoms with Gasteiger partial charge in [0.25, 0.3) is 0 Å². The third-order valence-electron chi connectivity index (χ3n) is 3.48. The van der Waals surface area contributed by atoms with Crippen molar-refractivity contribution in [1.29, 1.82) is 0 Å². The number of nitrogens with zero attached hydrogens (tertiary/aromatic N) is 3. The van der Waals surface area contributed by atoms with E-state index in [1.807, 2.05) is 6.92 Å². The Bertz CT molecular complexity index is 600. The molecule has 0 fully saturated rings. The van der Waals surface area contributed by atoms with Crippen molar-refractivity contribution in [2.45, 2.75) is 18.8 Å². The SMILES string of the molecule is COCCN(C)CCn1c(C(C)Cl)nc2cc(I)ccc21. The maximum Gasteiger partial charge on any atom is 0.127 e. The number of aromatic nitrogens is 2. The standard InChI is InChI=1S/C15H21ClIN3O/c1-11(16)15-18-13-10-12(17)4-5-14(13)20(15)7-6-19(2)8-9-21-3/h4-5,10-11H,6-9H2,1-3H3. The lowest BCUT2D eigenvalue weighted by Crippen LogP contribution is -2.27. The van der Waals surface area contributed by atoms with Crippen LogP contribution in [0.4, 0.5) is 0 Å². The summed E-state index contributed by atoms with van der Waals surface area (Å²) in [7, 11) is 3.83. The molecule has 1 unspecified atom stereocenters. The van der Waals surface area contributed by atoms with Gasteiger partial charge in [0.1, 0.15) is 5.82 Å². The summed E-state index contributed by atoms with van der Waals surface area (Å²) in [6.45, 7) is 5.46. The molecule has 1 aromatic carbocycles. The summed E-state index contributed by atoms with van der Waals surface area (Å²) in [6.07, 6.45) is 0. The molecule has 0 N–H and O–H groups in total. The highest BCUT2D eigenvalue weighted by Crippen LogP contribution is 2.25. The monoisotopic (exact) mass is 421 g/mol. The van der Waals surface area contributed by atoms with Crippen molar-refractivity contribution in [1.82, 2.24) is 14.5 Å². The quantitative estimate of drug-likeness (QED) is 0.506. The first-order chi connectivity index (χ1) is 10.0. The minimum absolute atomic E-state index is 0.0978. The van der Waals surface area contributed by atoms with Gasteiger partial charge < -0.3 is 14.2 Å². The Labute approximate surface area is 144 Å². The molecule has 0 aliphatic heterocycles. The van der Waals surface area contributed by atoms with Crippen LogP contribution in [0.5, 0.6) is 0 Å². The zero-order valence-corrected chi connectivity index (χ0v) is 15.6. The van der Waals surface area contributed by atoms with E-state index in [0.29, 0.717) is 0 Å². The first-order valence-corrected chi connectivity index (χ1v) is 8.51. The van der Waals surface area contributed by atoms with Crippen molar-refractivity contribution in [3.63, 3.8) is 0 Å². The molecule has 2 aromatic rings. The van der Waals surface area contributed by atoms with Crippen molar-refractivity contribution >= 4 is 45.2 Å². The molecular weight excluding hydrogens is 401 g/mol. The number of rotatable bonds is 7. The predicted octanol–water partition coefficient (Wildman–Crippen LogP) is 3.52. The zero-order valence-electron chi connectivity index (χ0n) is 12.6. The van der Waals surface area contributed by atoms with Gasteiger partial charge in [-0.25, -0.2) is 4.98 Å². The van der Waals surface area contributed by atoms with Crippen LogP contribution in [-0.4, -0.2) is 48.3 Å². The van der Waals surface area contributed by atoms with Gasteiger partial charge in [0.2, 0.25) is 0 Å². The molecule has 0 radical (unpaired) electrons. The Balaban J connectivity index is 2.22. The molecule has 6 heteroatoms. The molecule has 0 amide bonds. The van der Waals surface area contributed by atoms with Crippen LogP contribution in [0.3, 0.4) is 0 Å². The molecule has 1 heterocycles. The number of alkyl halides is 1. The number of imidazole rings is 1. The van der Waals surface area contributed by atoms with Crippen LogP contribution in [0, 0.1) is 3.57 Å². The summed E-state index contributed by atoms with van der Waals surface area (Å²) >= 11 is 8.61. The topological polar surface area (TPSA) is 30.3 Å². The number of hydrogen-bond acceptors (Lipinski definition) is 3. The summed E-state index contributed by atoms with van der Waals surface area (Å²) in [5, 5.41) is -0.0978. The number of ether oxygens (including phenoxy) is 1. The molecule has 0 aliphatic carbocycles. The van der Waals surface area contributed by atoms with E-state index in [-0.39, 0.29) is 5.38 Å². The highest BCUT2D eigenvalue weighted by atomic mass is 127. The normalized spacial score (nSPS) is 13.2. The second kappa shape index (κ2) is 7.76. The summed E-state index contributed by atoms with van der Waals surface area (Å²) in [6, 6.07) is 6.34. The van der Waals surface area contributed by atoms with Crippen molar-refractivity contribution in [2.24, 2.45) is 0 Å². The van der Waals surface area contributed by atoms with Gasteiger partial charge in [-0.2, -0.15) is 0 Å². The van der Waals surface area contributed by atoms with Gasteiger partial charge in [-0.15, -0.1) is 11.6 Å². The van der Waals surface area contributed by atoms with E-state index in [9.17, 15) is 0 Å². The largest absolute Gasteiger partial charge is 0.383 e. The number of benzene rings is 1. The molecule has 0 bridgehead atoms. The maximum absolute atomic E-state index is 6.30. The molecule has 1 aromatic heterocycles. The van der Waals surface area contributed by atoms with Gasteiger partial charge in [-0.1, -0.05) is 0 Å². The van der Waals surface area contributed by atoms with Crippen molar-refractivity contribution in [3.8, 4) is 0 Å². The highest BCUT2D eigenvalue weighted by molar-refractivity contribution is 14.1. The second-order valence-corrected chi connectivity index (χ2v) is 7.07. The lowest BCUT2D eigenvalue weighted by molar-refractivity contribution is 0.159. The maximum atomic E-state index is 6.30. The van der Waals surface area contributed by atoms with Crippen LogP contribution in [0.1, 0.15) is 18.1 Å². The lowest BCUT2D eigenvalue weighted by Gasteiger charge is -2.18. The number of hydrogen-bond donors (Lipinski definition) is 0. The van der Waals surface area contributed by atoms with E-state index in [0.717, 1.165) is 43.1 Å². The van der Waals surface area contributed by atoms with E-state index < -0.39 is 0 Å². The van der Waals surface area contributed by atoms with E-state index in [1.165, 1.54) is 3.57 Å². The molecular formula is C15H21ClIN3O. The van der Waals surface area contributed by atoms with Crippen LogP contribution < -0.4 is 0 Å². The Hall–Kier alpha value is -0.370. The second-order valence-electron chi connectivity index (χ2n) is 5.17. The summed E-state index contributed by atoms with van der Waals surface area (Å²) in [5.74, 6) is 0.939. The van der Waals surface area contributed by atoms with E-state index in [1.54, 1.807) is 7.11 Å². The third kappa shape index (κ3) is 4.31. The first kappa shape index (κ1) is 17.0. The number of halogens is 2. The third-order valence-corrected chi connectivity index (χ3v) is 4.34. The van der Waals surface area contributed by atoms with E-state index in [2.05, 4.69) is 57.3 Å². The smallest absolute Gasteiger partial charge is 0.127 e. The predicted molar refractivity (Wildman–Crippen MR) is 96.1 cm³/mol. The lowest BCUT2D eigenvalue weighted by atomic mass is 10.3. The first-order valence-electron chi connectivity index (χ1n) is 7.00. The van der Waals surface area contributed by atoms with Crippen LogP contribution in [0.15, 0.2) is 18.2 Å². The molecule has 116 valence electrons. The van der Waals surface area contributed by atoms with Crippen LogP contribution >= 0.6 is 34.2 Å². The fourth-order valence-corrected chi connectivity index (χ4v) is 2.93. The van der Waals surface area contributed by atoms with Gasteiger partial charge in [-0.3, -0.25) is 0 Å². The fraction of sp³-hybridized carbons (Fsp3) is 0.533. The Morgan fingerprint density at radius 3 is 2.86 bits per heavy atom. The summed E-state index contributed by atoms with van der Waals surface area (Å²) in [4.78, 5) is 6.95. The molecule has 2 rings (SSSR count). The van der Waals surface area contributed by atoms with Gasteiger partial charge in [0, 0.05) is 30.3 Å². The number of methoxy groups -OCH3 is 1. The molecule has 0 saturated heterocycles. The van der Waals surface area contributed by atoms with Gasteiger partial charge in [-0.05, 0) is 54.8 Å². The minimum Gasteiger partial charge on any atom is -0.383 e. The Morgan fingerprint density at radius 2 is 2.19 bits per heavy atom. The van der Waals surface area contributed by atoms with Gasteiger partial charge in [0.15, 0.2) is 0 Å². The van der Waals surface area contributed by atoms with Crippen molar-refractivity contribution in [2.75, 3.05) is 33.9 Å². The molecule has 21 heavy (non-hydrogen) atoms. The highest BCUT2D eigenvalue weighted by Gasteiger charge is 2.15. The average Bonchev–Trinajstić information content (AvgIpc) is 2.80. The van der Waals surface area contributed by atoms with E-state index >= 15 is 0 Å².